The van der Waals surface area contributed by atoms with E-state index in [1.807, 2.05) is 6.07 Å². The van der Waals surface area contributed by atoms with Gasteiger partial charge in [0, 0.05) is 23.2 Å². The van der Waals surface area contributed by atoms with Gasteiger partial charge in [0.15, 0.2) is 0 Å². The van der Waals surface area contributed by atoms with Crippen LogP contribution >= 0.6 is 11.6 Å². The fourth-order valence-corrected chi connectivity index (χ4v) is 4.06. The summed E-state index contributed by atoms with van der Waals surface area (Å²) >= 11 is 6.08. The van der Waals surface area contributed by atoms with Crippen LogP contribution in [-0.2, 0) is 13.1 Å². The highest BCUT2D eigenvalue weighted by molar-refractivity contribution is 6.30. The third-order valence-corrected chi connectivity index (χ3v) is 5.55. The second kappa shape index (κ2) is 6.88. The fourth-order valence-electron chi connectivity index (χ4n) is 3.87. The number of nitrogens with one attached hydrogen (secondary N) is 1. The second-order valence-corrected chi connectivity index (χ2v) is 7.85. The van der Waals surface area contributed by atoms with Crippen molar-refractivity contribution >= 4 is 23.5 Å². The summed E-state index contributed by atoms with van der Waals surface area (Å²) in [5.41, 5.74) is 7.93. The highest BCUT2D eigenvalue weighted by Crippen LogP contribution is 2.30. The smallest absolute Gasteiger partial charge is 0.318 e. The van der Waals surface area contributed by atoms with Crippen LogP contribution in [0.15, 0.2) is 24.3 Å². The summed E-state index contributed by atoms with van der Waals surface area (Å²) in [5, 5.41) is 8.20. The van der Waals surface area contributed by atoms with Gasteiger partial charge in [-0.05, 0) is 30.9 Å². The number of nitrogens with zero attached hydrogens (tertiary/aromatic N) is 3. The molecule has 2 heterocycles. The highest BCUT2D eigenvalue weighted by Gasteiger charge is 2.32. The maximum atomic E-state index is 12.6. The molecule has 0 spiro atoms. The molecule has 1 saturated carbocycles. The molecule has 27 heavy (non-hydrogen) atoms. The molecule has 4 rings (SSSR count). The van der Waals surface area contributed by atoms with Gasteiger partial charge in [-0.15, -0.1) is 0 Å². The fraction of sp³-hybridized carbons (Fsp3) is 0.421. The first-order valence-corrected chi connectivity index (χ1v) is 9.51. The van der Waals surface area contributed by atoms with Crippen LogP contribution in [0.1, 0.15) is 35.8 Å². The molecule has 1 aromatic carbocycles. The molecular weight excluding hydrogens is 366 g/mol. The number of hydrogen-bond donors (Lipinski definition) is 2. The number of carbonyl (C=O) groups is 2. The lowest BCUT2D eigenvalue weighted by atomic mass is 9.82. The molecule has 1 aliphatic carbocycles. The van der Waals surface area contributed by atoms with Gasteiger partial charge in [-0.1, -0.05) is 30.7 Å². The monoisotopic (exact) mass is 387 g/mol. The Balaban J connectivity index is 1.61. The maximum absolute atomic E-state index is 12.6. The van der Waals surface area contributed by atoms with Gasteiger partial charge < -0.3 is 16.0 Å². The number of primary amides is 1. The lowest BCUT2D eigenvalue weighted by Crippen LogP contribution is -2.51. The van der Waals surface area contributed by atoms with Crippen molar-refractivity contribution in [3.63, 3.8) is 0 Å². The average molecular weight is 388 g/mol. The Kier molecular flexibility index (Phi) is 4.55. The number of aromatic nitrogens is 2. The van der Waals surface area contributed by atoms with Crippen LogP contribution in [-0.4, -0.2) is 39.2 Å². The second-order valence-electron chi connectivity index (χ2n) is 7.41. The predicted octanol–water partition coefficient (Wildman–Crippen LogP) is 2.63. The van der Waals surface area contributed by atoms with Crippen molar-refractivity contribution < 1.29 is 9.59 Å². The van der Waals surface area contributed by atoms with E-state index in [-0.39, 0.29) is 12.1 Å². The molecular formula is C19H22ClN5O2. The van der Waals surface area contributed by atoms with Gasteiger partial charge >= 0.3 is 6.03 Å². The maximum Gasteiger partial charge on any atom is 0.318 e. The third kappa shape index (κ3) is 3.39. The van der Waals surface area contributed by atoms with E-state index < -0.39 is 5.91 Å². The normalized spacial score (nSPS) is 21.3. The van der Waals surface area contributed by atoms with Gasteiger partial charge in [-0.25, -0.2) is 4.79 Å². The number of carbonyl (C=O) groups excluding carboxylic acids is 2. The molecule has 0 atom stereocenters. The summed E-state index contributed by atoms with van der Waals surface area (Å²) in [6, 6.07) is 7.31. The van der Waals surface area contributed by atoms with Crippen LogP contribution in [0.5, 0.6) is 0 Å². The highest BCUT2D eigenvalue weighted by atomic mass is 35.5. The van der Waals surface area contributed by atoms with Crippen molar-refractivity contribution in [1.82, 2.24) is 20.0 Å². The number of rotatable bonds is 3. The first-order chi connectivity index (χ1) is 12.9. The van der Waals surface area contributed by atoms with Crippen molar-refractivity contribution in [2.75, 3.05) is 6.54 Å². The van der Waals surface area contributed by atoms with Crippen LogP contribution in [0.4, 0.5) is 4.79 Å². The number of fused-ring (bicyclic) bond motifs is 1. The summed E-state index contributed by atoms with van der Waals surface area (Å²) in [5.74, 6) is 0.112. The lowest BCUT2D eigenvalue weighted by molar-refractivity contribution is 0.0997. The molecule has 0 saturated heterocycles. The number of urea groups is 1. The minimum Gasteiger partial charge on any atom is -0.365 e. The van der Waals surface area contributed by atoms with E-state index in [9.17, 15) is 9.59 Å². The Labute approximate surface area is 162 Å². The van der Waals surface area contributed by atoms with Gasteiger partial charge in [0.2, 0.25) is 0 Å². The summed E-state index contributed by atoms with van der Waals surface area (Å²) in [4.78, 5) is 26.5. The molecule has 0 unspecified atom stereocenters. The van der Waals surface area contributed by atoms with Crippen molar-refractivity contribution in [3.05, 3.63) is 40.5 Å². The van der Waals surface area contributed by atoms with Crippen molar-refractivity contribution in [2.24, 2.45) is 11.7 Å². The lowest BCUT2D eigenvalue weighted by Gasteiger charge is -2.36. The summed E-state index contributed by atoms with van der Waals surface area (Å²) in [6.45, 7) is 3.54. The Hall–Kier alpha value is -2.54. The largest absolute Gasteiger partial charge is 0.365 e. The van der Waals surface area contributed by atoms with Gasteiger partial charge in [0.1, 0.15) is 5.69 Å². The Morgan fingerprint density at radius 3 is 2.74 bits per heavy atom. The van der Waals surface area contributed by atoms with E-state index in [0.29, 0.717) is 47.5 Å². The third-order valence-electron chi connectivity index (χ3n) is 5.31. The molecule has 8 heteroatoms. The van der Waals surface area contributed by atoms with Crippen LogP contribution in [0.3, 0.4) is 0 Å². The van der Waals surface area contributed by atoms with Gasteiger partial charge in [-0.2, -0.15) is 5.10 Å². The standard InChI is InChI=1S/C19H22ClN5O2/c1-11-7-14(8-11)22-19(27)24-5-6-25-15(10-24)16(18(21)26)17(23-25)12-3-2-4-13(20)9-12/h2-4,9,11,14H,5-8,10H2,1H3,(H2,21,26)(H,22,27). The molecule has 1 aliphatic heterocycles. The SMILES string of the molecule is CC1CC(NC(=O)N2CCn3nc(-c4cccc(Cl)c4)c(C(N)=O)c3C2)C1. The molecule has 142 valence electrons. The molecule has 7 nitrogen and oxygen atoms in total. The molecule has 1 fully saturated rings. The van der Waals surface area contributed by atoms with Crippen molar-refractivity contribution in [2.45, 2.75) is 38.9 Å². The zero-order valence-electron chi connectivity index (χ0n) is 15.1. The van der Waals surface area contributed by atoms with Crippen LogP contribution < -0.4 is 11.1 Å². The predicted molar refractivity (Wildman–Crippen MR) is 102 cm³/mol. The minimum absolute atomic E-state index is 0.0981. The van der Waals surface area contributed by atoms with Gasteiger partial charge in [0.25, 0.3) is 5.91 Å². The van der Waals surface area contributed by atoms with Crippen LogP contribution in [0, 0.1) is 5.92 Å². The van der Waals surface area contributed by atoms with Crippen molar-refractivity contribution in [3.8, 4) is 11.3 Å². The molecule has 3 N–H and O–H groups in total. The Morgan fingerprint density at radius 2 is 2.07 bits per heavy atom. The van der Waals surface area contributed by atoms with Crippen LogP contribution in [0.2, 0.25) is 5.02 Å². The summed E-state index contributed by atoms with van der Waals surface area (Å²) in [6.07, 6.45) is 2.03. The van der Waals surface area contributed by atoms with E-state index in [1.165, 1.54) is 0 Å². The minimum atomic E-state index is -0.554. The number of halogens is 1. The number of nitrogens with two attached hydrogens (primary N) is 1. The molecule has 1 aromatic heterocycles. The van der Waals surface area contributed by atoms with E-state index >= 15 is 0 Å². The molecule has 3 amide bonds. The topological polar surface area (TPSA) is 93.2 Å². The first kappa shape index (κ1) is 17.9. The quantitative estimate of drug-likeness (QED) is 0.847. The number of amides is 3. The molecule has 2 aromatic rings. The number of benzene rings is 1. The Bertz CT molecular complexity index is 904. The zero-order valence-corrected chi connectivity index (χ0v) is 15.9. The average Bonchev–Trinajstić information content (AvgIpc) is 2.99. The first-order valence-electron chi connectivity index (χ1n) is 9.13. The van der Waals surface area contributed by atoms with Gasteiger partial charge in [0.05, 0.1) is 24.3 Å². The molecule has 0 radical (unpaired) electrons. The van der Waals surface area contributed by atoms with E-state index in [0.717, 1.165) is 18.4 Å². The van der Waals surface area contributed by atoms with E-state index in [1.54, 1.807) is 27.8 Å². The van der Waals surface area contributed by atoms with E-state index in [2.05, 4.69) is 17.3 Å². The Morgan fingerprint density at radius 1 is 1.30 bits per heavy atom. The number of hydrogen-bond acceptors (Lipinski definition) is 3. The van der Waals surface area contributed by atoms with Crippen molar-refractivity contribution in [1.29, 1.82) is 0 Å². The van der Waals surface area contributed by atoms with E-state index in [4.69, 9.17) is 17.3 Å². The van der Waals surface area contributed by atoms with Crippen LogP contribution in [0.25, 0.3) is 11.3 Å². The zero-order chi connectivity index (χ0) is 19.1. The van der Waals surface area contributed by atoms with Gasteiger partial charge in [-0.3, -0.25) is 9.48 Å². The molecule has 2 aliphatic rings. The molecule has 0 bridgehead atoms. The summed E-state index contributed by atoms with van der Waals surface area (Å²) in [7, 11) is 0. The summed E-state index contributed by atoms with van der Waals surface area (Å²) < 4.78 is 1.77.